The van der Waals surface area contributed by atoms with Crippen molar-refractivity contribution in [1.29, 1.82) is 0 Å². The molecule has 1 saturated carbocycles. The van der Waals surface area contributed by atoms with Gasteiger partial charge in [0.2, 0.25) is 6.29 Å². The van der Waals surface area contributed by atoms with E-state index < -0.39 is 24.0 Å². The molecule has 1 aromatic rings. The van der Waals surface area contributed by atoms with Crippen molar-refractivity contribution in [2.75, 3.05) is 6.61 Å². The smallest absolute Gasteiger partial charge is 0.205 e. The van der Waals surface area contributed by atoms with Gasteiger partial charge in [0.1, 0.15) is 17.1 Å². The van der Waals surface area contributed by atoms with Gasteiger partial charge in [-0.3, -0.25) is 0 Å². The number of aliphatic hydroxyl groups is 2. The largest absolute Gasteiger partial charge is 0.494 e. The van der Waals surface area contributed by atoms with E-state index >= 15 is 0 Å². The Morgan fingerprint density at radius 3 is 2.41 bits per heavy atom. The van der Waals surface area contributed by atoms with Gasteiger partial charge < -0.3 is 29.2 Å². The minimum atomic E-state index is -1.33. The Hall–Kier alpha value is -1.34. The van der Waals surface area contributed by atoms with Crippen molar-refractivity contribution in [3.8, 4) is 11.5 Å². The van der Waals surface area contributed by atoms with Crippen molar-refractivity contribution in [3.05, 3.63) is 24.3 Å². The maximum atomic E-state index is 11.9. The van der Waals surface area contributed by atoms with Gasteiger partial charge in [-0.1, -0.05) is 13.8 Å². The topological polar surface area (TPSA) is 77.4 Å². The van der Waals surface area contributed by atoms with Crippen LogP contribution in [0.4, 0.5) is 0 Å². The van der Waals surface area contributed by atoms with E-state index in [1.165, 1.54) is 0 Å². The first-order chi connectivity index (χ1) is 13.7. The summed E-state index contributed by atoms with van der Waals surface area (Å²) in [6.07, 6.45) is 1.66. The molecular weight excluding hydrogens is 372 g/mol. The Morgan fingerprint density at radius 2 is 1.72 bits per heavy atom. The van der Waals surface area contributed by atoms with Crippen LogP contribution in [0.5, 0.6) is 11.5 Å². The summed E-state index contributed by atoms with van der Waals surface area (Å²) in [5, 5.41) is 22.5. The molecule has 2 heterocycles. The second kappa shape index (κ2) is 7.73. The van der Waals surface area contributed by atoms with Crippen LogP contribution in [0.3, 0.4) is 0 Å². The van der Waals surface area contributed by atoms with E-state index in [2.05, 4.69) is 13.8 Å². The van der Waals surface area contributed by atoms with E-state index in [1.54, 1.807) is 6.92 Å². The van der Waals surface area contributed by atoms with Crippen molar-refractivity contribution in [3.63, 3.8) is 0 Å². The molecule has 1 aliphatic carbocycles. The zero-order valence-electron chi connectivity index (χ0n) is 17.8. The summed E-state index contributed by atoms with van der Waals surface area (Å²) in [6.45, 7) is 8.47. The fourth-order valence-corrected chi connectivity index (χ4v) is 5.58. The summed E-state index contributed by atoms with van der Waals surface area (Å²) in [7, 11) is 0. The maximum absolute atomic E-state index is 11.9. The molecule has 8 atom stereocenters. The summed E-state index contributed by atoms with van der Waals surface area (Å²) >= 11 is 0. The highest BCUT2D eigenvalue weighted by molar-refractivity contribution is 5.31. The summed E-state index contributed by atoms with van der Waals surface area (Å²) in [6, 6.07) is 7.46. The third kappa shape index (κ3) is 3.76. The van der Waals surface area contributed by atoms with Gasteiger partial charge in [-0.25, -0.2) is 0 Å². The van der Waals surface area contributed by atoms with Gasteiger partial charge in [0, 0.05) is 18.3 Å². The molecule has 2 aliphatic heterocycles. The summed E-state index contributed by atoms with van der Waals surface area (Å²) in [5.74, 6) is 0.515. The van der Waals surface area contributed by atoms with E-state index in [9.17, 15) is 10.2 Å². The molecule has 2 saturated heterocycles. The Morgan fingerprint density at radius 1 is 1.03 bits per heavy atom. The normalized spacial score (nSPS) is 44.5. The van der Waals surface area contributed by atoms with Crippen LogP contribution in [-0.4, -0.2) is 40.8 Å². The Balaban J connectivity index is 1.59. The van der Waals surface area contributed by atoms with Gasteiger partial charge in [-0.05, 0) is 69.2 Å². The van der Waals surface area contributed by atoms with E-state index in [1.807, 2.05) is 31.2 Å². The first-order valence-corrected chi connectivity index (χ1v) is 10.9. The van der Waals surface area contributed by atoms with Crippen LogP contribution >= 0.6 is 0 Å². The summed E-state index contributed by atoms with van der Waals surface area (Å²) < 4.78 is 23.8. The van der Waals surface area contributed by atoms with Gasteiger partial charge in [-0.2, -0.15) is 0 Å². The van der Waals surface area contributed by atoms with E-state index in [0.29, 0.717) is 24.7 Å². The maximum Gasteiger partial charge on any atom is 0.205 e. The van der Waals surface area contributed by atoms with Crippen molar-refractivity contribution < 1.29 is 29.2 Å². The van der Waals surface area contributed by atoms with Crippen LogP contribution in [0.15, 0.2) is 24.3 Å². The van der Waals surface area contributed by atoms with Crippen LogP contribution in [0.25, 0.3) is 0 Å². The second-order valence-corrected chi connectivity index (χ2v) is 9.20. The first-order valence-electron chi connectivity index (χ1n) is 10.9. The molecule has 1 aromatic carbocycles. The quantitative estimate of drug-likeness (QED) is 0.794. The molecule has 3 aliphatic rings. The third-order valence-electron chi connectivity index (χ3n) is 7.17. The molecule has 0 amide bonds. The summed E-state index contributed by atoms with van der Waals surface area (Å²) in [4.78, 5) is 0. The van der Waals surface area contributed by atoms with Gasteiger partial charge in [0.15, 0.2) is 12.1 Å². The molecule has 0 bridgehead atoms. The molecule has 6 heteroatoms. The standard InChI is InChI=1S/C23H34O6/c1-5-26-16-7-9-17(10-8-16)27-20-15(3)19-11-6-14(2)18-12-13-22(4,24)29-21(28-20)23(18,19)25/h7-10,14-15,18-21,24-25H,5-6,11-13H2,1-4H3/t14-,15-,18?,19?,20?,21-,22-,23-/m1/s1. The minimum Gasteiger partial charge on any atom is -0.494 e. The average Bonchev–Trinajstić information content (AvgIpc) is 2.77. The fraction of sp³-hybridized carbons (Fsp3) is 0.739. The number of hydrogen-bond donors (Lipinski definition) is 2. The van der Waals surface area contributed by atoms with Crippen LogP contribution in [0.2, 0.25) is 0 Å². The fourth-order valence-electron chi connectivity index (χ4n) is 5.58. The Bertz CT molecular complexity index is 704. The molecule has 4 rings (SSSR count). The first kappa shape index (κ1) is 20.9. The summed E-state index contributed by atoms with van der Waals surface area (Å²) in [5.41, 5.74) is -1.11. The number of hydrogen-bond acceptors (Lipinski definition) is 6. The van der Waals surface area contributed by atoms with Crippen LogP contribution in [-0.2, 0) is 9.47 Å². The third-order valence-corrected chi connectivity index (χ3v) is 7.17. The van der Waals surface area contributed by atoms with E-state index in [0.717, 1.165) is 25.0 Å². The van der Waals surface area contributed by atoms with Crippen molar-refractivity contribution in [2.24, 2.45) is 23.7 Å². The van der Waals surface area contributed by atoms with E-state index in [-0.39, 0.29) is 17.8 Å². The monoisotopic (exact) mass is 406 g/mol. The van der Waals surface area contributed by atoms with Crippen molar-refractivity contribution >= 4 is 0 Å². The zero-order valence-corrected chi connectivity index (χ0v) is 17.8. The van der Waals surface area contributed by atoms with Gasteiger partial charge in [0.25, 0.3) is 0 Å². The van der Waals surface area contributed by atoms with Crippen molar-refractivity contribution in [2.45, 2.75) is 77.3 Å². The number of ether oxygens (including phenoxy) is 4. The second-order valence-electron chi connectivity index (χ2n) is 9.20. The molecule has 29 heavy (non-hydrogen) atoms. The highest BCUT2D eigenvalue weighted by atomic mass is 16.8. The predicted octanol–water partition coefficient (Wildman–Crippen LogP) is 3.69. The minimum absolute atomic E-state index is 0.00975. The molecule has 6 nitrogen and oxygen atoms in total. The van der Waals surface area contributed by atoms with Crippen LogP contribution < -0.4 is 9.47 Å². The molecule has 0 spiro atoms. The van der Waals surface area contributed by atoms with Crippen molar-refractivity contribution in [1.82, 2.24) is 0 Å². The molecule has 2 N–H and O–H groups in total. The highest BCUT2D eigenvalue weighted by Crippen LogP contribution is 2.55. The van der Waals surface area contributed by atoms with Gasteiger partial charge in [-0.15, -0.1) is 0 Å². The molecule has 3 unspecified atom stereocenters. The van der Waals surface area contributed by atoms with Crippen LogP contribution in [0.1, 0.15) is 53.4 Å². The van der Waals surface area contributed by atoms with Crippen LogP contribution in [0, 0.1) is 23.7 Å². The Labute approximate surface area is 173 Å². The highest BCUT2D eigenvalue weighted by Gasteiger charge is 2.63. The number of rotatable bonds is 4. The Kier molecular flexibility index (Phi) is 5.57. The average molecular weight is 407 g/mol. The molecular formula is C23H34O6. The van der Waals surface area contributed by atoms with Gasteiger partial charge >= 0.3 is 0 Å². The lowest BCUT2D eigenvalue weighted by atomic mass is 9.58. The predicted molar refractivity (Wildman–Crippen MR) is 107 cm³/mol. The zero-order chi connectivity index (χ0) is 20.8. The lowest BCUT2D eigenvalue weighted by Gasteiger charge is -2.57. The number of benzene rings is 1. The lowest BCUT2D eigenvalue weighted by Crippen LogP contribution is -2.67. The SMILES string of the molecule is CCOc1ccc(OC2O[C@@H]3O[C@@](C)(O)CCC4[C@H](C)CCC([C@H]2C)[C@]43O)cc1. The molecule has 0 radical (unpaired) electrons. The molecule has 162 valence electrons. The lowest BCUT2D eigenvalue weighted by molar-refractivity contribution is -0.398. The molecule has 3 fully saturated rings. The molecule has 0 aromatic heterocycles. The van der Waals surface area contributed by atoms with Gasteiger partial charge in [0.05, 0.1) is 6.61 Å². The van der Waals surface area contributed by atoms with E-state index in [4.69, 9.17) is 18.9 Å².